The van der Waals surface area contributed by atoms with Crippen LogP contribution in [0.2, 0.25) is 0 Å². The predicted molar refractivity (Wildman–Crippen MR) is 67.8 cm³/mol. The van der Waals surface area contributed by atoms with E-state index in [0.29, 0.717) is 5.46 Å². The molecule has 2 heterocycles. The molecule has 0 amide bonds. The van der Waals surface area contributed by atoms with Gasteiger partial charge in [0, 0.05) is 0 Å². The Hall–Kier alpha value is -0.995. The molecule has 7 nitrogen and oxygen atoms in total. The van der Waals surface area contributed by atoms with Crippen molar-refractivity contribution in [2.75, 3.05) is 6.61 Å². The molecule has 1 aromatic rings. The Morgan fingerprint density at radius 3 is 2.40 bits per heavy atom. The van der Waals surface area contributed by atoms with Gasteiger partial charge in [-0.3, -0.25) is 0 Å². The van der Waals surface area contributed by atoms with Crippen molar-refractivity contribution < 1.29 is 34.4 Å². The lowest BCUT2D eigenvalue weighted by atomic mass is 9.70. The summed E-state index contributed by atoms with van der Waals surface area (Å²) in [5.41, 5.74) is 0.410. The van der Waals surface area contributed by atoms with Crippen molar-refractivity contribution in [3.63, 3.8) is 0 Å². The molecule has 0 bridgehead atoms. The number of hydrogen-bond acceptors (Lipinski definition) is 7. The van der Waals surface area contributed by atoms with Gasteiger partial charge in [0.25, 0.3) is 0 Å². The molecule has 6 atom stereocenters. The third kappa shape index (κ3) is 2.15. The highest BCUT2D eigenvalue weighted by Crippen LogP contribution is 2.33. The van der Waals surface area contributed by atoms with Crippen molar-refractivity contribution in [3.8, 4) is 0 Å². The highest BCUT2D eigenvalue weighted by molar-refractivity contribution is 6.74. The standard InChI is InChI=1S/C12H16BO7/c14-6-8-9(15)10(16)11-12(18-8)20-13(17,19-11)7-4-2-1-3-5-7/h1-5,8-12,14-17H,6H2/q-1. The Morgan fingerprint density at radius 2 is 1.75 bits per heavy atom. The van der Waals surface area contributed by atoms with Crippen LogP contribution >= 0.6 is 0 Å². The molecular formula is C12H16BO7-. The van der Waals surface area contributed by atoms with Gasteiger partial charge >= 0.3 is 6.75 Å². The second-order valence-electron chi connectivity index (χ2n) is 5.03. The second-order valence-corrected chi connectivity index (χ2v) is 5.03. The molecule has 2 aliphatic heterocycles. The zero-order chi connectivity index (χ0) is 14.3. The molecule has 2 saturated heterocycles. The first-order valence-electron chi connectivity index (χ1n) is 6.45. The molecular weight excluding hydrogens is 267 g/mol. The van der Waals surface area contributed by atoms with E-state index in [0.717, 1.165) is 0 Å². The summed E-state index contributed by atoms with van der Waals surface area (Å²) < 4.78 is 16.1. The molecule has 0 spiro atoms. The van der Waals surface area contributed by atoms with E-state index in [1.165, 1.54) is 0 Å². The number of aliphatic hydroxyl groups is 3. The van der Waals surface area contributed by atoms with Crippen LogP contribution in [0.25, 0.3) is 0 Å². The Labute approximate surface area is 115 Å². The molecule has 8 heteroatoms. The molecule has 20 heavy (non-hydrogen) atoms. The van der Waals surface area contributed by atoms with Gasteiger partial charge in [0.15, 0.2) is 0 Å². The van der Waals surface area contributed by atoms with E-state index in [1.54, 1.807) is 30.3 Å². The average Bonchev–Trinajstić information content (AvgIpc) is 2.82. The van der Waals surface area contributed by atoms with Gasteiger partial charge in [0.05, 0.1) is 12.7 Å². The van der Waals surface area contributed by atoms with Crippen molar-refractivity contribution in [2.24, 2.45) is 0 Å². The molecule has 0 aliphatic carbocycles. The van der Waals surface area contributed by atoms with E-state index >= 15 is 0 Å². The largest absolute Gasteiger partial charge is 0.555 e. The van der Waals surface area contributed by atoms with E-state index in [4.69, 9.17) is 19.2 Å². The van der Waals surface area contributed by atoms with Crippen LogP contribution in [0, 0.1) is 0 Å². The van der Waals surface area contributed by atoms with Crippen LogP contribution in [-0.2, 0) is 14.0 Å². The van der Waals surface area contributed by atoms with Crippen LogP contribution in [0.4, 0.5) is 0 Å². The zero-order valence-corrected chi connectivity index (χ0v) is 10.6. The van der Waals surface area contributed by atoms with Gasteiger partial charge in [0.1, 0.15) is 24.6 Å². The fourth-order valence-corrected chi connectivity index (χ4v) is 2.59. The summed E-state index contributed by atoms with van der Waals surface area (Å²) in [7, 11) is 0. The van der Waals surface area contributed by atoms with E-state index in [-0.39, 0.29) is 0 Å². The number of fused-ring (bicyclic) bond motifs is 1. The minimum absolute atomic E-state index is 0.410. The third-order valence-electron chi connectivity index (χ3n) is 3.71. The summed E-state index contributed by atoms with van der Waals surface area (Å²) in [5.74, 6) is 0. The van der Waals surface area contributed by atoms with Crippen molar-refractivity contribution in [1.82, 2.24) is 0 Å². The first-order valence-corrected chi connectivity index (χ1v) is 6.45. The topological polar surface area (TPSA) is 109 Å². The number of benzene rings is 1. The van der Waals surface area contributed by atoms with Crippen LogP contribution < -0.4 is 5.46 Å². The number of aliphatic hydroxyl groups excluding tert-OH is 3. The molecule has 0 aromatic heterocycles. The van der Waals surface area contributed by atoms with E-state index in [2.05, 4.69) is 0 Å². The molecule has 1 aromatic carbocycles. The fourth-order valence-electron chi connectivity index (χ4n) is 2.59. The minimum Gasteiger partial charge on any atom is -0.555 e. The van der Waals surface area contributed by atoms with Gasteiger partial charge in [-0.25, -0.2) is 0 Å². The first kappa shape index (κ1) is 14.0. The Kier molecular flexibility index (Phi) is 3.55. The van der Waals surface area contributed by atoms with Crippen LogP contribution in [0.5, 0.6) is 0 Å². The van der Waals surface area contributed by atoms with Crippen LogP contribution in [0.15, 0.2) is 30.3 Å². The SMILES string of the molecule is OCC1OC2O[B-](O)(c3ccccc3)OC2C(O)C1O. The maximum Gasteiger partial charge on any atom is 0.409 e. The quantitative estimate of drug-likeness (QED) is 0.451. The zero-order valence-electron chi connectivity index (χ0n) is 10.6. The summed E-state index contributed by atoms with van der Waals surface area (Å²) in [6.45, 7) is -3.26. The number of hydrogen-bond donors (Lipinski definition) is 4. The van der Waals surface area contributed by atoms with Gasteiger partial charge in [-0.05, 0) is 0 Å². The Balaban J connectivity index is 1.85. The highest BCUT2D eigenvalue weighted by atomic mass is 16.8. The predicted octanol–water partition coefficient (Wildman–Crippen LogP) is -2.32. The van der Waals surface area contributed by atoms with Crippen LogP contribution in [0.3, 0.4) is 0 Å². The third-order valence-corrected chi connectivity index (χ3v) is 3.71. The van der Waals surface area contributed by atoms with Crippen LogP contribution in [0.1, 0.15) is 0 Å². The van der Waals surface area contributed by atoms with Crippen molar-refractivity contribution in [3.05, 3.63) is 30.3 Å². The average molecular weight is 283 g/mol. The fraction of sp³-hybridized carbons (Fsp3) is 0.500. The smallest absolute Gasteiger partial charge is 0.409 e. The molecule has 6 unspecified atom stereocenters. The molecule has 0 saturated carbocycles. The van der Waals surface area contributed by atoms with Crippen molar-refractivity contribution in [1.29, 1.82) is 0 Å². The van der Waals surface area contributed by atoms with Gasteiger partial charge < -0.3 is 34.4 Å². The monoisotopic (exact) mass is 283 g/mol. The maximum atomic E-state index is 10.4. The lowest BCUT2D eigenvalue weighted by molar-refractivity contribution is -0.250. The van der Waals surface area contributed by atoms with Crippen LogP contribution in [-0.4, -0.2) is 64.4 Å². The molecule has 2 aliphatic rings. The molecule has 2 fully saturated rings. The summed E-state index contributed by atoms with van der Waals surface area (Å²) in [6, 6.07) is 8.47. The van der Waals surface area contributed by atoms with Gasteiger partial charge in [-0.15, -0.1) is 5.46 Å². The molecule has 3 rings (SSSR count). The van der Waals surface area contributed by atoms with E-state index < -0.39 is 44.1 Å². The van der Waals surface area contributed by atoms with Crippen molar-refractivity contribution in [2.45, 2.75) is 30.7 Å². The molecule has 4 N–H and O–H groups in total. The summed E-state index contributed by atoms with van der Waals surface area (Å²) in [5, 5.41) is 39.3. The highest BCUT2D eigenvalue weighted by Gasteiger charge is 2.53. The van der Waals surface area contributed by atoms with Gasteiger partial charge in [-0.2, -0.15) is 0 Å². The number of ether oxygens (including phenoxy) is 1. The minimum atomic E-state index is -2.79. The normalized spacial score (nSPS) is 44.3. The van der Waals surface area contributed by atoms with Gasteiger partial charge in [-0.1, -0.05) is 30.3 Å². The Morgan fingerprint density at radius 1 is 1.05 bits per heavy atom. The van der Waals surface area contributed by atoms with Crippen molar-refractivity contribution >= 4 is 12.2 Å². The maximum absolute atomic E-state index is 10.4. The Bertz CT molecular complexity index is 472. The summed E-state index contributed by atoms with van der Waals surface area (Å²) >= 11 is 0. The first-order chi connectivity index (χ1) is 9.55. The summed E-state index contributed by atoms with van der Waals surface area (Å²) in [6.07, 6.45) is -5.66. The lowest BCUT2D eigenvalue weighted by Crippen LogP contribution is -2.57. The summed E-state index contributed by atoms with van der Waals surface area (Å²) in [4.78, 5) is 0. The molecule has 110 valence electrons. The van der Waals surface area contributed by atoms with E-state index in [9.17, 15) is 15.2 Å². The second kappa shape index (κ2) is 5.08. The number of rotatable bonds is 2. The van der Waals surface area contributed by atoms with Gasteiger partial charge in [0.2, 0.25) is 0 Å². The molecule has 0 radical (unpaired) electrons. The van der Waals surface area contributed by atoms with E-state index in [1.807, 2.05) is 0 Å². The lowest BCUT2D eigenvalue weighted by Gasteiger charge is -2.39.